The summed E-state index contributed by atoms with van der Waals surface area (Å²) in [5.74, 6) is 1.80. The van der Waals surface area contributed by atoms with Gasteiger partial charge in [-0.15, -0.1) is 0 Å². The summed E-state index contributed by atoms with van der Waals surface area (Å²) in [6, 6.07) is 1.80. The number of H-pyrrole nitrogens is 1. The Kier molecular flexibility index (Phi) is 2.66. The second-order valence-electron chi connectivity index (χ2n) is 5.23. The van der Waals surface area contributed by atoms with E-state index in [2.05, 4.69) is 27.3 Å². The van der Waals surface area contributed by atoms with Gasteiger partial charge in [0.1, 0.15) is 5.69 Å². The van der Waals surface area contributed by atoms with Crippen molar-refractivity contribution in [2.24, 2.45) is 11.7 Å². The van der Waals surface area contributed by atoms with E-state index < -0.39 is 5.54 Å². The predicted octanol–water partition coefficient (Wildman–Crippen LogP) is 1.82. The highest BCUT2D eigenvalue weighted by molar-refractivity contribution is 5.44. The van der Waals surface area contributed by atoms with Gasteiger partial charge in [-0.3, -0.25) is 5.10 Å². The Balaban J connectivity index is 1.85. The molecule has 0 spiro atoms. The van der Waals surface area contributed by atoms with Crippen LogP contribution in [0, 0.1) is 5.92 Å². The summed E-state index contributed by atoms with van der Waals surface area (Å²) in [7, 11) is 0. The van der Waals surface area contributed by atoms with E-state index in [0.717, 1.165) is 37.3 Å². The lowest BCUT2D eigenvalue weighted by Gasteiger charge is -2.33. The molecule has 0 atom stereocenters. The van der Waals surface area contributed by atoms with Crippen LogP contribution in [0.15, 0.2) is 16.8 Å². The molecule has 0 saturated heterocycles. The maximum atomic E-state index is 6.40. The monoisotopic (exact) mass is 247 g/mol. The summed E-state index contributed by atoms with van der Waals surface area (Å²) in [6.07, 6.45) is 5.71. The third-order valence-corrected chi connectivity index (χ3v) is 3.77. The lowest BCUT2D eigenvalue weighted by atomic mass is 9.77. The molecule has 2 aromatic heterocycles. The van der Waals surface area contributed by atoms with Gasteiger partial charge in [0.05, 0.1) is 5.54 Å². The van der Waals surface area contributed by atoms with Gasteiger partial charge in [-0.2, -0.15) is 10.1 Å². The van der Waals surface area contributed by atoms with Crippen LogP contribution in [0.3, 0.4) is 0 Å². The molecule has 6 nitrogen and oxygen atoms in total. The average molecular weight is 247 g/mol. The highest BCUT2D eigenvalue weighted by Crippen LogP contribution is 2.36. The predicted molar refractivity (Wildman–Crippen MR) is 65.4 cm³/mol. The van der Waals surface area contributed by atoms with Gasteiger partial charge in [0.25, 0.3) is 5.89 Å². The number of hydrogen-bond acceptors (Lipinski definition) is 5. The summed E-state index contributed by atoms with van der Waals surface area (Å²) in [6.45, 7) is 2.26. The van der Waals surface area contributed by atoms with Gasteiger partial charge in [0.15, 0.2) is 5.82 Å². The molecule has 0 aromatic carbocycles. The maximum absolute atomic E-state index is 6.40. The molecule has 3 N–H and O–H groups in total. The van der Waals surface area contributed by atoms with Gasteiger partial charge in [-0.1, -0.05) is 12.1 Å². The minimum absolute atomic E-state index is 0.436. The largest absolute Gasteiger partial charge is 0.332 e. The zero-order chi connectivity index (χ0) is 12.6. The minimum Gasteiger partial charge on any atom is -0.332 e. The Hall–Kier alpha value is -1.69. The Morgan fingerprint density at radius 3 is 2.89 bits per heavy atom. The van der Waals surface area contributed by atoms with Crippen molar-refractivity contribution in [3.8, 4) is 11.6 Å². The van der Waals surface area contributed by atoms with Crippen molar-refractivity contribution in [3.05, 3.63) is 18.1 Å². The van der Waals surface area contributed by atoms with Crippen molar-refractivity contribution in [3.63, 3.8) is 0 Å². The van der Waals surface area contributed by atoms with Gasteiger partial charge < -0.3 is 10.3 Å². The molecule has 3 rings (SSSR count). The molecule has 1 aliphatic rings. The fraction of sp³-hybridized carbons (Fsp3) is 0.583. The third kappa shape index (κ3) is 1.92. The van der Waals surface area contributed by atoms with Gasteiger partial charge in [-0.25, -0.2) is 0 Å². The summed E-state index contributed by atoms with van der Waals surface area (Å²) in [5, 5.41) is 10.7. The molecule has 2 heterocycles. The van der Waals surface area contributed by atoms with Crippen LogP contribution >= 0.6 is 0 Å². The molecule has 0 radical (unpaired) electrons. The molecular formula is C12H17N5O. The van der Waals surface area contributed by atoms with E-state index in [0.29, 0.717) is 11.7 Å². The Labute approximate surface area is 105 Å². The maximum Gasteiger partial charge on any atom is 0.275 e. The van der Waals surface area contributed by atoms with Crippen LogP contribution in [0.2, 0.25) is 0 Å². The van der Waals surface area contributed by atoms with E-state index in [-0.39, 0.29) is 0 Å². The van der Waals surface area contributed by atoms with E-state index in [9.17, 15) is 0 Å². The van der Waals surface area contributed by atoms with Crippen molar-refractivity contribution < 1.29 is 4.52 Å². The van der Waals surface area contributed by atoms with Crippen molar-refractivity contribution in [2.45, 2.75) is 38.1 Å². The number of nitrogens with one attached hydrogen (secondary N) is 1. The first-order valence-corrected chi connectivity index (χ1v) is 6.30. The van der Waals surface area contributed by atoms with Crippen LogP contribution in [0.5, 0.6) is 0 Å². The van der Waals surface area contributed by atoms with Crippen LogP contribution < -0.4 is 5.73 Å². The van der Waals surface area contributed by atoms with E-state index in [4.69, 9.17) is 10.3 Å². The first-order valence-electron chi connectivity index (χ1n) is 6.30. The molecule has 96 valence electrons. The fourth-order valence-corrected chi connectivity index (χ4v) is 2.41. The summed E-state index contributed by atoms with van der Waals surface area (Å²) < 4.78 is 5.24. The molecule has 0 aliphatic heterocycles. The summed E-state index contributed by atoms with van der Waals surface area (Å²) in [4.78, 5) is 4.40. The van der Waals surface area contributed by atoms with Gasteiger partial charge in [0.2, 0.25) is 0 Å². The minimum atomic E-state index is -0.436. The molecule has 1 aliphatic carbocycles. The van der Waals surface area contributed by atoms with E-state index in [1.807, 2.05) is 0 Å². The zero-order valence-corrected chi connectivity index (χ0v) is 10.4. The van der Waals surface area contributed by atoms with Gasteiger partial charge in [-0.05, 0) is 37.7 Å². The molecule has 1 saturated carbocycles. The average Bonchev–Trinajstić information content (AvgIpc) is 3.01. The molecule has 6 heteroatoms. The van der Waals surface area contributed by atoms with Crippen molar-refractivity contribution in [1.82, 2.24) is 20.3 Å². The molecule has 1 fully saturated rings. The van der Waals surface area contributed by atoms with Crippen molar-refractivity contribution >= 4 is 0 Å². The molecule has 2 aromatic rings. The Morgan fingerprint density at radius 1 is 1.44 bits per heavy atom. The number of aromatic amines is 1. The first-order chi connectivity index (χ1) is 8.67. The van der Waals surface area contributed by atoms with Crippen molar-refractivity contribution in [2.75, 3.05) is 0 Å². The van der Waals surface area contributed by atoms with Crippen LogP contribution in [-0.2, 0) is 5.54 Å². The fourth-order valence-electron chi connectivity index (χ4n) is 2.41. The second kappa shape index (κ2) is 4.20. The van der Waals surface area contributed by atoms with E-state index in [1.165, 1.54) is 0 Å². The number of aromatic nitrogens is 4. The van der Waals surface area contributed by atoms with Crippen LogP contribution in [0.25, 0.3) is 11.6 Å². The Bertz CT molecular complexity index is 510. The van der Waals surface area contributed by atoms with E-state index in [1.54, 1.807) is 12.3 Å². The molecule has 0 unspecified atom stereocenters. The highest BCUT2D eigenvalue weighted by atomic mass is 16.5. The number of hydrogen-bond donors (Lipinski definition) is 2. The second-order valence-corrected chi connectivity index (χ2v) is 5.23. The number of rotatable bonds is 2. The van der Waals surface area contributed by atoms with Crippen LogP contribution in [0.1, 0.15) is 38.4 Å². The van der Waals surface area contributed by atoms with E-state index >= 15 is 0 Å². The third-order valence-electron chi connectivity index (χ3n) is 3.77. The SMILES string of the molecule is CC1CCC(N)(c2noc(-c3ccn[nH]3)n2)CC1. The lowest BCUT2D eigenvalue weighted by Crippen LogP contribution is -2.41. The smallest absolute Gasteiger partial charge is 0.275 e. The Morgan fingerprint density at radius 2 is 2.22 bits per heavy atom. The molecular weight excluding hydrogens is 230 g/mol. The quantitative estimate of drug-likeness (QED) is 0.844. The first kappa shape index (κ1) is 11.4. The standard InChI is InChI=1S/C12H17N5O/c1-8-2-5-12(13,6-3-8)11-15-10(18-17-11)9-4-7-14-16-9/h4,7-8H,2-3,5-6,13H2,1H3,(H,14,16). The highest BCUT2D eigenvalue weighted by Gasteiger charge is 2.36. The van der Waals surface area contributed by atoms with Gasteiger partial charge >= 0.3 is 0 Å². The topological polar surface area (TPSA) is 93.6 Å². The molecule has 0 bridgehead atoms. The number of nitrogens with two attached hydrogens (primary N) is 1. The van der Waals surface area contributed by atoms with Crippen LogP contribution in [-0.4, -0.2) is 20.3 Å². The van der Waals surface area contributed by atoms with Gasteiger partial charge in [0, 0.05) is 6.20 Å². The number of nitrogens with zero attached hydrogens (tertiary/aromatic N) is 3. The molecule has 18 heavy (non-hydrogen) atoms. The van der Waals surface area contributed by atoms with Crippen molar-refractivity contribution in [1.29, 1.82) is 0 Å². The lowest BCUT2D eigenvalue weighted by molar-refractivity contribution is 0.230. The summed E-state index contributed by atoms with van der Waals surface area (Å²) in [5.41, 5.74) is 6.69. The van der Waals surface area contributed by atoms with Crippen LogP contribution in [0.4, 0.5) is 0 Å². The normalized spacial score (nSPS) is 28.4. The summed E-state index contributed by atoms with van der Waals surface area (Å²) >= 11 is 0. The molecule has 0 amide bonds. The zero-order valence-electron chi connectivity index (χ0n) is 10.4.